The number of rotatable bonds is 3. The second-order valence-electron chi connectivity index (χ2n) is 4.79. The largest absolute Gasteiger partial charge is 0.476 e. The van der Waals surface area contributed by atoms with Gasteiger partial charge in [-0.05, 0) is 0 Å². The first-order valence-electron chi connectivity index (χ1n) is 5.39. The summed E-state index contributed by atoms with van der Waals surface area (Å²) in [5.41, 5.74) is -0.0230. The summed E-state index contributed by atoms with van der Waals surface area (Å²) in [6.07, 6.45) is 2.67. The molecular formula is C11H15N3O3. The van der Waals surface area contributed by atoms with E-state index < -0.39 is 5.97 Å². The van der Waals surface area contributed by atoms with Crippen LogP contribution in [0.4, 0.5) is 5.82 Å². The van der Waals surface area contributed by atoms with Crippen molar-refractivity contribution in [3.05, 3.63) is 18.1 Å². The van der Waals surface area contributed by atoms with Gasteiger partial charge in [-0.2, -0.15) is 0 Å². The summed E-state index contributed by atoms with van der Waals surface area (Å²) in [5.74, 6) is -0.507. The molecule has 1 aromatic rings. The molecule has 1 atom stereocenters. The lowest BCUT2D eigenvalue weighted by Crippen LogP contribution is -2.35. The van der Waals surface area contributed by atoms with E-state index in [1.165, 1.54) is 12.4 Å². The van der Waals surface area contributed by atoms with Gasteiger partial charge in [0.25, 0.3) is 0 Å². The topological polar surface area (TPSA) is 84.3 Å². The standard InChI is InChI=1S/C11H15N3O3/c1-11(2)6-17-5-8(11)14-9-4-12-7(3-13-9)10(15)16/h3-4,8H,5-6H2,1-2H3,(H,13,14)(H,15,16). The SMILES string of the molecule is CC1(C)COCC1Nc1cnc(C(=O)O)cn1. The summed E-state index contributed by atoms with van der Waals surface area (Å²) in [6, 6.07) is 0.160. The third-order valence-corrected chi connectivity index (χ3v) is 2.89. The Hall–Kier alpha value is -1.69. The molecule has 1 aliphatic rings. The number of hydrogen-bond donors (Lipinski definition) is 2. The highest BCUT2D eigenvalue weighted by atomic mass is 16.5. The van der Waals surface area contributed by atoms with E-state index in [-0.39, 0.29) is 17.2 Å². The second kappa shape index (κ2) is 4.29. The fourth-order valence-electron chi connectivity index (χ4n) is 1.69. The molecule has 1 aliphatic heterocycles. The summed E-state index contributed by atoms with van der Waals surface area (Å²) in [4.78, 5) is 18.4. The third-order valence-electron chi connectivity index (χ3n) is 2.89. The van der Waals surface area contributed by atoms with Gasteiger partial charge in [0.1, 0.15) is 5.82 Å². The van der Waals surface area contributed by atoms with Crippen molar-refractivity contribution in [1.29, 1.82) is 0 Å². The minimum Gasteiger partial charge on any atom is -0.476 e. The number of carbonyl (C=O) groups is 1. The molecule has 6 heteroatoms. The molecule has 1 unspecified atom stereocenters. The smallest absolute Gasteiger partial charge is 0.356 e. The van der Waals surface area contributed by atoms with Gasteiger partial charge in [0.05, 0.1) is 31.6 Å². The lowest BCUT2D eigenvalue weighted by molar-refractivity contribution is 0.0690. The molecule has 1 saturated heterocycles. The van der Waals surface area contributed by atoms with Crippen molar-refractivity contribution >= 4 is 11.8 Å². The number of aromatic nitrogens is 2. The monoisotopic (exact) mass is 237 g/mol. The van der Waals surface area contributed by atoms with Gasteiger partial charge in [-0.15, -0.1) is 0 Å². The lowest BCUT2D eigenvalue weighted by atomic mass is 9.88. The van der Waals surface area contributed by atoms with Crippen molar-refractivity contribution in [2.75, 3.05) is 18.5 Å². The number of nitrogens with zero attached hydrogens (tertiary/aromatic N) is 2. The van der Waals surface area contributed by atoms with Crippen LogP contribution in [-0.2, 0) is 4.74 Å². The van der Waals surface area contributed by atoms with Crippen LogP contribution in [0.25, 0.3) is 0 Å². The Labute approximate surface area is 99.0 Å². The Morgan fingerprint density at radius 2 is 2.29 bits per heavy atom. The second-order valence-corrected chi connectivity index (χ2v) is 4.79. The summed E-state index contributed by atoms with van der Waals surface area (Å²) < 4.78 is 5.40. The number of aromatic carboxylic acids is 1. The van der Waals surface area contributed by atoms with Gasteiger partial charge in [-0.3, -0.25) is 0 Å². The third kappa shape index (κ3) is 2.52. The van der Waals surface area contributed by atoms with Crippen LogP contribution in [0, 0.1) is 5.41 Å². The molecule has 6 nitrogen and oxygen atoms in total. The molecule has 2 N–H and O–H groups in total. The minimum atomic E-state index is -1.08. The van der Waals surface area contributed by atoms with Gasteiger partial charge in [0.2, 0.25) is 0 Å². The van der Waals surface area contributed by atoms with E-state index in [2.05, 4.69) is 29.1 Å². The molecule has 0 spiro atoms. The van der Waals surface area contributed by atoms with Crippen LogP contribution < -0.4 is 5.32 Å². The molecule has 92 valence electrons. The van der Waals surface area contributed by atoms with E-state index in [1.807, 2.05) is 0 Å². The van der Waals surface area contributed by atoms with E-state index in [0.717, 1.165) is 0 Å². The lowest BCUT2D eigenvalue weighted by Gasteiger charge is -2.25. The van der Waals surface area contributed by atoms with E-state index in [4.69, 9.17) is 9.84 Å². The Balaban J connectivity index is 2.06. The molecule has 1 fully saturated rings. The predicted octanol–water partition coefficient (Wildman–Crippen LogP) is 1.01. The fraction of sp³-hybridized carbons (Fsp3) is 0.545. The highest BCUT2D eigenvalue weighted by Crippen LogP contribution is 2.29. The molecule has 0 amide bonds. The van der Waals surface area contributed by atoms with Crippen molar-refractivity contribution in [2.24, 2.45) is 5.41 Å². The molecule has 0 bridgehead atoms. The predicted molar refractivity (Wildman–Crippen MR) is 61.0 cm³/mol. The molecule has 0 radical (unpaired) electrons. The molecule has 0 aromatic carbocycles. The number of carboxylic acid groups (broad SMARTS) is 1. The van der Waals surface area contributed by atoms with Crippen molar-refractivity contribution in [2.45, 2.75) is 19.9 Å². The number of carboxylic acids is 1. The van der Waals surface area contributed by atoms with E-state index in [9.17, 15) is 4.79 Å². The Kier molecular flexibility index (Phi) is 2.97. The molecule has 1 aromatic heterocycles. The average Bonchev–Trinajstić information content (AvgIpc) is 2.59. The van der Waals surface area contributed by atoms with Crippen molar-refractivity contribution in [3.8, 4) is 0 Å². The quantitative estimate of drug-likeness (QED) is 0.816. The Morgan fingerprint density at radius 1 is 1.53 bits per heavy atom. The molecule has 0 saturated carbocycles. The number of hydrogen-bond acceptors (Lipinski definition) is 5. The van der Waals surface area contributed by atoms with Gasteiger partial charge >= 0.3 is 5.97 Å². The van der Waals surface area contributed by atoms with Crippen LogP contribution in [0.15, 0.2) is 12.4 Å². The number of ether oxygens (including phenoxy) is 1. The summed E-state index contributed by atoms with van der Waals surface area (Å²) in [6.45, 7) is 5.54. The maximum absolute atomic E-state index is 10.6. The van der Waals surface area contributed by atoms with E-state index >= 15 is 0 Å². The van der Waals surface area contributed by atoms with Crippen LogP contribution in [0.2, 0.25) is 0 Å². The summed E-state index contributed by atoms with van der Waals surface area (Å²) >= 11 is 0. The normalized spacial score (nSPS) is 22.4. The number of nitrogens with one attached hydrogen (secondary N) is 1. The van der Waals surface area contributed by atoms with Crippen LogP contribution in [-0.4, -0.2) is 40.3 Å². The summed E-state index contributed by atoms with van der Waals surface area (Å²) in [7, 11) is 0. The Morgan fingerprint density at radius 3 is 2.76 bits per heavy atom. The van der Waals surface area contributed by atoms with E-state index in [0.29, 0.717) is 19.0 Å². The minimum absolute atomic E-state index is 0.0349. The van der Waals surface area contributed by atoms with Gasteiger partial charge < -0.3 is 15.2 Å². The highest BCUT2D eigenvalue weighted by Gasteiger charge is 2.35. The molecule has 17 heavy (non-hydrogen) atoms. The first-order valence-corrected chi connectivity index (χ1v) is 5.39. The van der Waals surface area contributed by atoms with Crippen molar-refractivity contribution in [1.82, 2.24) is 9.97 Å². The van der Waals surface area contributed by atoms with Gasteiger partial charge in [0, 0.05) is 5.41 Å². The van der Waals surface area contributed by atoms with Gasteiger partial charge in [-0.25, -0.2) is 14.8 Å². The fourth-order valence-corrected chi connectivity index (χ4v) is 1.69. The first kappa shape index (κ1) is 11.8. The summed E-state index contributed by atoms with van der Waals surface area (Å²) in [5, 5.41) is 11.9. The Bertz CT molecular complexity index is 416. The maximum atomic E-state index is 10.6. The van der Waals surface area contributed by atoms with Gasteiger partial charge in [-0.1, -0.05) is 13.8 Å². The maximum Gasteiger partial charge on any atom is 0.356 e. The van der Waals surface area contributed by atoms with Crippen LogP contribution >= 0.6 is 0 Å². The zero-order chi connectivity index (χ0) is 12.5. The molecule has 2 heterocycles. The van der Waals surface area contributed by atoms with Crippen LogP contribution in [0.3, 0.4) is 0 Å². The molecule has 0 aliphatic carbocycles. The molecule has 2 rings (SSSR count). The van der Waals surface area contributed by atoms with Crippen molar-refractivity contribution < 1.29 is 14.6 Å². The average molecular weight is 237 g/mol. The zero-order valence-electron chi connectivity index (χ0n) is 9.80. The highest BCUT2D eigenvalue weighted by molar-refractivity contribution is 5.84. The molecular weight excluding hydrogens is 222 g/mol. The van der Waals surface area contributed by atoms with Crippen LogP contribution in [0.5, 0.6) is 0 Å². The van der Waals surface area contributed by atoms with Gasteiger partial charge in [0.15, 0.2) is 5.69 Å². The first-order chi connectivity index (χ1) is 7.99. The van der Waals surface area contributed by atoms with E-state index in [1.54, 1.807) is 0 Å². The zero-order valence-corrected chi connectivity index (χ0v) is 9.80. The van der Waals surface area contributed by atoms with Crippen LogP contribution in [0.1, 0.15) is 24.3 Å². The van der Waals surface area contributed by atoms with Crippen molar-refractivity contribution in [3.63, 3.8) is 0 Å². The number of anilines is 1.